The van der Waals surface area contributed by atoms with E-state index in [1.54, 1.807) is 0 Å². The third-order valence-corrected chi connectivity index (χ3v) is 6.15. The maximum absolute atomic E-state index is 5.52. The van der Waals surface area contributed by atoms with Crippen LogP contribution >= 0.6 is 0 Å². The number of hydrogen-bond acceptors (Lipinski definition) is 4. The predicted molar refractivity (Wildman–Crippen MR) is 114 cm³/mol. The summed E-state index contributed by atoms with van der Waals surface area (Å²) in [5.41, 5.74) is 3.82. The number of ether oxygens (including phenoxy) is 1. The lowest BCUT2D eigenvalue weighted by Crippen LogP contribution is -2.49. The standard InChI is InChI=1S/C21H38N6O/c1-5-19-18(20(6-2)26(4)25-19)13-23-21(22-3)24-17-7-10-27(11-8-17)14-16-9-12-28-15-16/h16-17H,5-15H2,1-4H3,(H2,22,23,24). The largest absolute Gasteiger partial charge is 0.381 e. The minimum absolute atomic E-state index is 0.493. The van der Waals surface area contributed by atoms with Crippen LogP contribution < -0.4 is 10.6 Å². The van der Waals surface area contributed by atoms with Gasteiger partial charge in [-0.2, -0.15) is 5.10 Å². The Morgan fingerprint density at radius 2 is 2.00 bits per heavy atom. The smallest absolute Gasteiger partial charge is 0.191 e. The van der Waals surface area contributed by atoms with Gasteiger partial charge in [-0.25, -0.2) is 0 Å². The SMILES string of the molecule is CCc1nn(C)c(CC)c1CNC(=NC)NC1CCN(CC2CCOC2)CC1. The van der Waals surface area contributed by atoms with Crippen molar-refractivity contribution < 1.29 is 4.74 Å². The molecule has 2 saturated heterocycles. The topological polar surface area (TPSA) is 66.7 Å². The molecule has 1 unspecified atom stereocenters. The van der Waals surface area contributed by atoms with Gasteiger partial charge in [-0.15, -0.1) is 0 Å². The minimum Gasteiger partial charge on any atom is -0.381 e. The average molecular weight is 391 g/mol. The molecule has 1 aromatic rings. The predicted octanol–water partition coefficient (Wildman–Crippen LogP) is 1.71. The van der Waals surface area contributed by atoms with Crippen molar-refractivity contribution in [3.63, 3.8) is 0 Å². The van der Waals surface area contributed by atoms with E-state index in [4.69, 9.17) is 4.74 Å². The molecule has 2 fully saturated rings. The van der Waals surface area contributed by atoms with Gasteiger partial charge in [-0.1, -0.05) is 13.8 Å². The van der Waals surface area contributed by atoms with Crippen molar-refractivity contribution in [2.24, 2.45) is 18.0 Å². The van der Waals surface area contributed by atoms with Crippen molar-refractivity contribution in [3.8, 4) is 0 Å². The molecule has 7 heteroatoms. The van der Waals surface area contributed by atoms with Gasteiger partial charge in [0.25, 0.3) is 0 Å². The van der Waals surface area contributed by atoms with Crippen LogP contribution in [0.4, 0.5) is 0 Å². The number of aliphatic imine (C=N–C) groups is 1. The second kappa shape index (κ2) is 10.3. The van der Waals surface area contributed by atoms with Crippen LogP contribution in [0.3, 0.4) is 0 Å². The monoisotopic (exact) mass is 390 g/mol. The fraction of sp³-hybridized carbons (Fsp3) is 0.810. The van der Waals surface area contributed by atoms with Crippen molar-refractivity contribution in [2.75, 3.05) is 39.9 Å². The van der Waals surface area contributed by atoms with E-state index in [1.807, 2.05) is 18.8 Å². The molecule has 2 aliphatic rings. The van der Waals surface area contributed by atoms with E-state index in [9.17, 15) is 0 Å². The maximum atomic E-state index is 5.52. The summed E-state index contributed by atoms with van der Waals surface area (Å²) in [6.45, 7) is 10.5. The highest BCUT2D eigenvalue weighted by molar-refractivity contribution is 5.80. The number of hydrogen-bond donors (Lipinski definition) is 2. The van der Waals surface area contributed by atoms with Gasteiger partial charge in [-0.05, 0) is 38.0 Å². The van der Waals surface area contributed by atoms with Gasteiger partial charge in [0, 0.05) is 64.2 Å². The molecule has 28 heavy (non-hydrogen) atoms. The van der Waals surface area contributed by atoms with Crippen LogP contribution in [-0.4, -0.2) is 66.6 Å². The first-order valence-electron chi connectivity index (χ1n) is 10.9. The zero-order chi connectivity index (χ0) is 19.9. The van der Waals surface area contributed by atoms with E-state index in [0.29, 0.717) is 6.04 Å². The van der Waals surface area contributed by atoms with E-state index in [1.165, 1.54) is 42.8 Å². The quantitative estimate of drug-likeness (QED) is 0.548. The Morgan fingerprint density at radius 1 is 1.21 bits per heavy atom. The van der Waals surface area contributed by atoms with Crippen LogP contribution in [-0.2, 0) is 31.2 Å². The van der Waals surface area contributed by atoms with E-state index in [-0.39, 0.29) is 0 Å². The number of piperidine rings is 1. The molecule has 0 saturated carbocycles. The minimum atomic E-state index is 0.493. The lowest BCUT2D eigenvalue weighted by atomic mass is 10.0. The van der Waals surface area contributed by atoms with Gasteiger partial charge in [0.1, 0.15) is 0 Å². The molecular weight excluding hydrogens is 352 g/mol. The molecule has 7 nitrogen and oxygen atoms in total. The first-order valence-corrected chi connectivity index (χ1v) is 10.9. The summed E-state index contributed by atoms with van der Waals surface area (Å²) in [6.07, 6.45) is 5.52. The number of rotatable bonds is 7. The third kappa shape index (κ3) is 5.26. The van der Waals surface area contributed by atoms with Gasteiger partial charge in [0.15, 0.2) is 5.96 Å². The van der Waals surface area contributed by atoms with Gasteiger partial charge in [0.2, 0.25) is 0 Å². The van der Waals surface area contributed by atoms with Crippen LogP contribution in [0.15, 0.2) is 4.99 Å². The Balaban J connectivity index is 1.46. The van der Waals surface area contributed by atoms with Crippen LogP contribution in [0.5, 0.6) is 0 Å². The summed E-state index contributed by atoms with van der Waals surface area (Å²) in [7, 11) is 3.90. The third-order valence-electron chi connectivity index (χ3n) is 6.15. The molecule has 3 rings (SSSR count). The first-order chi connectivity index (χ1) is 13.6. The molecule has 0 aliphatic carbocycles. The van der Waals surface area contributed by atoms with Crippen molar-refractivity contribution >= 4 is 5.96 Å². The fourth-order valence-corrected chi connectivity index (χ4v) is 4.51. The highest BCUT2D eigenvalue weighted by Crippen LogP contribution is 2.18. The maximum Gasteiger partial charge on any atom is 0.191 e. The molecule has 3 heterocycles. The Kier molecular flexibility index (Phi) is 7.73. The summed E-state index contributed by atoms with van der Waals surface area (Å²) < 4.78 is 7.54. The molecule has 1 atom stereocenters. The van der Waals surface area contributed by atoms with Crippen LogP contribution in [0, 0.1) is 5.92 Å². The molecule has 2 aliphatic heterocycles. The molecule has 0 amide bonds. The Labute approximate surface area is 169 Å². The fourth-order valence-electron chi connectivity index (χ4n) is 4.51. The number of aromatic nitrogens is 2. The molecule has 0 spiro atoms. The molecule has 0 bridgehead atoms. The summed E-state index contributed by atoms with van der Waals surface area (Å²) in [5.74, 6) is 1.63. The van der Waals surface area contributed by atoms with Gasteiger partial charge in [0.05, 0.1) is 12.3 Å². The second-order valence-corrected chi connectivity index (χ2v) is 8.08. The van der Waals surface area contributed by atoms with Crippen molar-refractivity contribution in [1.29, 1.82) is 0 Å². The summed E-state index contributed by atoms with van der Waals surface area (Å²) in [5, 5.41) is 11.8. The van der Waals surface area contributed by atoms with Crippen molar-refractivity contribution in [3.05, 3.63) is 17.0 Å². The summed E-state index contributed by atoms with van der Waals surface area (Å²) in [4.78, 5) is 7.06. The molecular formula is C21H38N6O. The second-order valence-electron chi connectivity index (χ2n) is 8.08. The lowest BCUT2D eigenvalue weighted by molar-refractivity contribution is 0.150. The number of aryl methyl sites for hydroxylation is 2. The van der Waals surface area contributed by atoms with Crippen LogP contribution in [0.1, 0.15) is 50.1 Å². The normalized spacial score (nSPS) is 22.0. The Morgan fingerprint density at radius 3 is 2.61 bits per heavy atom. The average Bonchev–Trinajstić information content (AvgIpc) is 3.33. The zero-order valence-electron chi connectivity index (χ0n) is 18.1. The van der Waals surface area contributed by atoms with E-state index in [0.717, 1.165) is 57.6 Å². The van der Waals surface area contributed by atoms with Crippen molar-refractivity contribution in [2.45, 2.75) is 58.5 Å². The molecule has 1 aromatic heterocycles. The van der Waals surface area contributed by atoms with E-state index in [2.05, 4.69) is 39.5 Å². The summed E-state index contributed by atoms with van der Waals surface area (Å²) in [6, 6.07) is 0.493. The number of nitrogens with zero attached hydrogens (tertiary/aromatic N) is 4. The van der Waals surface area contributed by atoms with Gasteiger partial charge < -0.3 is 20.3 Å². The number of nitrogens with one attached hydrogen (secondary N) is 2. The zero-order valence-corrected chi connectivity index (χ0v) is 18.1. The van der Waals surface area contributed by atoms with Gasteiger partial charge >= 0.3 is 0 Å². The Hall–Kier alpha value is -1.60. The van der Waals surface area contributed by atoms with Crippen LogP contribution in [0.25, 0.3) is 0 Å². The van der Waals surface area contributed by atoms with E-state index >= 15 is 0 Å². The van der Waals surface area contributed by atoms with Crippen molar-refractivity contribution in [1.82, 2.24) is 25.3 Å². The first kappa shape index (κ1) is 21.1. The van der Waals surface area contributed by atoms with E-state index < -0.39 is 0 Å². The van der Waals surface area contributed by atoms with Crippen LogP contribution in [0.2, 0.25) is 0 Å². The molecule has 0 radical (unpaired) electrons. The lowest BCUT2D eigenvalue weighted by Gasteiger charge is -2.34. The number of guanidine groups is 1. The highest BCUT2D eigenvalue weighted by Gasteiger charge is 2.24. The summed E-state index contributed by atoms with van der Waals surface area (Å²) >= 11 is 0. The molecule has 0 aromatic carbocycles. The van der Waals surface area contributed by atoms with Gasteiger partial charge in [-0.3, -0.25) is 9.67 Å². The molecule has 2 N–H and O–H groups in total. The Bertz CT molecular complexity index is 642. The highest BCUT2D eigenvalue weighted by atomic mass is 16.5. The number of likely N-dealkylation sites (tertiary alicyclic amines) is 1. The molecule has 158 valence electrons.